The minimum Gasteiger partial charge on any atom is -0.452 e. The van der Waals surface area contributed by atoms with Gasteiger partial charge in [-0.1, -0.05) is 60.3 Å². The number of hydrogen-bond donors (Lipinski definition) is 0. The Hall–Kier alpha value is -4.49. The van der Waals surface area contributed by atoms with Gasteiger partial charge < -0.3 is 4.74 Å². The van der Waals surface area contributed by atoms with E-state index in [9.17, 15) is 9.59 Å². The average molecular weight is 490 g/mol. The Morgan fingerprint density at radius 2 is 1.44 bits per heavy atom. The van der Waals surface area contributed by atoms with E-state index in [1.165, 1.54) is 0 Å². The van der Waals surface area contributed by atoms with Crippen LogP contribution in [0.2, 0.25) is 0 Å². The zero-order chi connectivity index (χ0) is 24.5. The molecule has 0 radical (unpaired) electrons. The third-order valence-electron chi connectivity index (χ3n) is 5.87. The lowest BCUT2D eigenvalue weighted by Gasteiger charge is -2.30. The lowest BCUT2D eigenvalue weighted by atomic mass is 10.1. The maximum atomic E-state index is 13.4. The van der Waals surface area contributed by atoms with Crippen LogP contribution in [-0.4, -0.2) is 28.5 Å². The van der Waals surface area contributed by atoms with Crippen molar-refractivity contribution in [1.29, 1.82) is 0 Å². The molecule has 6 rings (SSSR count). The summed E-state index contributed by atoms with van der Waals surface area (Å²) in [5.41, 5.74) is 3.73. The molecule has 1 amide bonds. The monoisotopic (exact) mass is 489 g/mol. The molecule has 0 saturated carbocycles. The molecule has 0 spiro atoms. The molecule has 1 aliphatic heterocycles. The van der Waals surface area contributed by atoms with Gasteiger partial charge in [0.15, 0.2) is 6.61 Å². The van der Waals surface area contributed by atoms with Gasteiger partial charge >= 0.3 is 5.97 Å². The second-order valence-corrected chi connectivity index (χ2v) is 9.21. The second-order valence-electron chi connectivity index (χ2n) is 8.13. The van der Waals surface area contributed by atoms with Crippen molar-refractivity contribution in [2.45, 2.75) is 9.79 Å². The number of esters is 1. The Morgan fingerprint density at radius 1 is 0.778 bits per heavy atom. The van der Waals surface area contributed by atoms with Crippen LogP contribution in [0.15, 0.2) is 113 Å². The van der Waals surface area contributed by atoms with Gasteiger partial charge in [0.05, 0.1) is 33.8 Å². The fraction of sp³-hybridized carbons (Fsp3) is 0.0345. The number of carbonyl (C=O) groups is 2. The van der Waals surface area contributed by atoms with Crippen LogP contribution < -0.4 is 4.90 Å². The molecule has 3 heterocycles. The number of anilines is 2. The highest BCUT2D eigenvalue weighted by Crippen LogP contribution is 2.47. The van der Waals surface area contributed by atoms with Crippen molar-refractivity contribution in [2.75, 3.05) is 11.5 Å². The van der Waals surface area contributed by atoms with Crippen molar-refractivity contribution in [2.24, 2.45) is 0 Å². The van der Waals surface area contributed by atoms with Crippen LogP contribution in [0.4, 0.5) is 11.4 Å². The Bertz CT molecular complexity index is 1580. The molecule has 5 aromatic rings. The van der Waals surface area contributed by atoms with Gasteiger partial charge in [-0.25, -0.2) is 9.78 Å². The number of benzene rings is 3. The number of aromatic nitrogens is 2. The lowest BCUT2D eigenvalue weighted by Crippen LogP contribution is -2.32. The van der Waals surface area contributed by atoms with E-state index in [4.69, 9.17) is 4.74 Å². The summed E-state index contributed by atoms with van der Waals surface area (Å²) in [7, 11) is 0. The predicted octanol–water partition coefficient (Wildman–Crippen LogP) is 6.28. The number of fused-ring (bicyclic) bond motifs is 3. The Labute approximate surface area is 211 Å². The van der Waals surface area contributed by atoms with Crippen LogP contribution in [0, 0.1) is 0 Å². The van der Waals surface area contributed by atoms with Crippen molar-refractivity contribution in [1.82, 2.24) is 9.97 Å². The summed E-state index contributed by atoms with van der Waals surface area (Å²) >= 11 is 1.61. The predicted molar refractivity (Wildman–Crippen MR) is 139 cm³/mol. The number of amides is 1. The largest absolute Gasteiger partial charge is 0.452 e. The Balaban J connectivity index is 1.31. The molecule has 0 saturated heterocycles. The number of carbonyl (C=O) groups excluding carboxylic acids is 2. The third-order valence-corrected chi connectivity index (χ3v) is 7.00. The SMILES string of the molecule is O=C(OCC(=O)N1c2ccccc2Sc2ccccc21)c1cc(-c2ccccn2)nc2ccccc12. The number of para-hydroxylation sites is 3. The molecule has 0 N–H and O–H groups in total. The number of ether oxygens (including phenoxy) is 1. The van der Waals surface area contributed by atoms with E-state index < -0.39 is 12.6 Å². The van der Waals surface area contributed by atoms with Gasteiger partial charge in [0.1, 0.15) is 0 Å². The first-order valence-corrected chi connectivity index (χ1v) is 12.2. The molecular weight excluding hydrogens is 470 g/mol. The van der Waals surface area contributed by atoms with E-state index in [1.807, 2.05) is 91.0 Å². The van der Waals surface area contributed by atoms with Gasteiger partial charge in [-0.3, -0.25) is 14.7 Å². The minimum atomic E-state index is -0.591. The highest BCUT2D eigenvalue weighted by Gasteiger charge is 2.28. The van der Waals surface area contributed by atoms with Crippen LogP contribution >= 0.6 is 11.8 Å². The van der Waals surface area contributed by atoms with Crippen LogP contribution in [0.25, 0.3) is 22.3 Å². The molecule has 0 aliphatic carbocycles. The zero-order valence-corrected chi connectivity index (χ0v) is 19.8. The highest BCUT2D eigenvalue weighted by molar-refractivity contribution is 7.99. The van der Waals surface area contributed by atoms with Gasteiger partial charge in [-0.15, -0.1) is 0 Å². The quantitative estimate of drug-likeness (QED) is 0.277. The smallest absolute Gasteiger partial charge is 0.339 e. The van der Waals surface area contributed by atoms with E-state index in [0.717, 1.165) is 21.2 Å². The maximum Gasteiger partial charge on any atom is 0.339 e. The molecule has 3 aromatic carbocycles. The zero-order valence-electron chi connectivity index (χ0n) is 19.0. The Kier molecular flexibility index (Phi) is 5.67. The van der Waals surface area contributed by atoms with Gasteiger partial charge in [0, 0.05) is 21.4 Å². The fourth-order valence-corrected chi connectivity index (χ4v) is 5.29. The molecular formula is C29H19N3O3S. The molecule has 174 valence electrons. The molecule has 1 aliphatic rings. The summed E-state index contributed by atoms with van der Waals surface area (Å²) in [6.45, 7) is -0.401. The first kappa shape index (κ1) is 22.0. The highest BCUT2D eigenvalue weighted by atomic mass is 32.2. The summed E-state index contributed by atoms with van der Waals surface area (Å²) in [5.74, 6) is -0.918. The summed E-state index contributed by atoms with van der Waals surface area (Å²) in [4.78, 5) is 39.3. The van der Waals surface area contributed by atoms with Crippen LogP contribution in [-0.2, 0) is 9.53 Å². The molecule has 0 bridgehead atoms. The van der Waals surface area contributed by atoms with E-state index in [2.05, 4.69) is 9.97 Å². The summed E-state index contributed by atoms with van der Waals surface area (Å²) in [5, 5.41) is 0.652. The van der Waals surface area contributed by atoms with E-state index in [1.54, 1.807) is 28.9 Å². The van der Waals surface area contributed by atoms with Crippen LogP contribution in [0.5, 0.6) is 0 Å². The first-order valence-electron chi connectivity index (χ1n) is 11.4. The second kappa shape index (κ2) is 9.28. The lowest BCUT2D eigenvalue weighted by molar-refractivity contribution is -0.121. The van der Waals surface area contributed by atoms with Crippen LogP contribution in [0.3, 0.4) is 0 Å². The molecule has 0 fully saturated rings. The minimum absolute atomic E-state index is 0.327. The van der Waals surface area contributed by atoms with Crippen molar-refractivity contribution in [3.8, 4) is 11.4 Å². The molecule has 36 heavy (non-hydrogen) atoms. The molecule has 0 unspecified atom stereocenters. The normalized spacial score (nSPS) is 12.1. The third kappa shape index (κ3) is 3.99. The molecule has 6 nitrogen and oxygen atoms in total. The Morgan fingerprint density at radius 3 is 2.17 bits per heavy atom. The molecule has 2 aromatic heterocycles. The average Bonchev–Trinajstić information content (AvgIpc) is 2.94. The van der Waals surface area contributed by atoms with Gasteiger partial charge in [-0.05, 0) is 48.5 Å². The summed E-state index contributed by atoms with van der Waals surface area (Å²) in [6, 6.07) is 29.9. The van der Waals surface area contributed by atoms with E-state index in [-0.39, 0.29) is 5.91 Å². The van der Waals surface area contributed by atoms with E-state index in [0.29, 0.717) is 27.9 Å². The molecule has 7 heteroatoms. The molecule has 0 atom stereocenters. The standard InChI is InChI=1S/C29H19N3O3S/c33-28(32-24-12-3-5-14-26(24)36-27-15-6-4-13-25(27)32)18-35-29(34)20-17-23(22-11-7-8-16-30-22)31-21-10-2-1-9-19(20)21/h1-17H,18H2. The van der Waals surface area contributed by atoms with E-state index >= 15 is 0 Å². The summed E-state index contributed by atoms with van der Waals surface area (Å²) < 4.78 is 5.59. The maximum absolute atomic E-state index is 13.4. The van der Waals surface area contributed by atoms with Crippen molar-refractivity contribution >= 4 is 45.9 Å². The number of pyridine rings is 2. The topological polar surface area (TPSA) is 72.4 Å². The number of hydrogen-bond acceptors (Lipinski definition) is 6. The number of nitrogens with zero attached hydrogens (tertiary/aromatic N) is 3. The van der Waals surface area contributed by atoms with Gasteiger partial charge in [0.2, 0.25) is 0 Å². The fourth-order valence-electron chi connectivity index (χ4n) is 4.23. The summed E-state index contributed by atoms with van der Waals surface area (Å²) in [6.07, 6.45) is 1.68. The first-order chi connectivity index (χ1) is 17.7. The van der Waals surface area contributed by atoms with Crippen molar-refractivity contribution < 1.29 is 14.3 Å². The van der Waals surface area contributed by atoms with Crippen molar-refractivity contribution in [3.05, 3.63) is 109 Å². The van der Waals surface area contributed by atoms with Crippen molar-refractivity contribution in [3.63, 3.8) is 0 Å². The van der Waals surface area contributed by atoms with Gasteiger partial charge in [-0.2, -0.15) is 0 Å². The number of rotatable bonds is 4. The van der Waals surface area contributed by atoms with Crippen LogP contribution in [0.1, 0.15) is 10.4 Å². The van der Waals surface area contributed by atoms with Gasteiger partial charge in [0.25, 0.3) is 5.91 Å².